The second-order valence-corrected chi connectivity index (χ2v) is 11.8. The third-order valence-corrected chi connectivity index (χ3v) is 7.82. The molecule has 0 aromatic carbocycles. The van der Waals surface area contributed by atoms with Gasteiger partial charge in [0.05, 0.1) is 25.6 Å². The molecule has 2 fully saturated rings. The zero-order valence-electron chi connectivity index (χ0n) is 20.9. The summed E-state index contributed by atoms with van der Waals surface area (Å²) in [4.78, 5) is 56.5. The maximum absolute atomic E-state index is 12.8. The van der Waals surface area contributed by atoms with Crippen molar-refractivity contribution in [2.45, 2.75) is 49.7 Å². The molecule has 1 unspecified atom stereocenters. The Hall–Kier alpha value is -2.87. The molecule has 7 atom stereocenters. The van der Waals surface area contributed by atoms with Crippen LogP contribution in [0, 0.1) is 0 Å². The van der Waals surface area contributed by atoms with E-state index in [4.69, 9.17) is 39.8 Å². The van der Waals surface area contributed by atoms with E-state index in [1.807, 2.05) is 0 Å². The van der Waals surface area contributed by atoms with Crippen LogP contribution in [0.3, 0.4) is 0 Å². The normalized spacial score (nSPS) is 28.3. The van der Waals surface area contributed by atoms with Crippen molar-refractivity contribution in [1.29, 1.82) is 0 Å². The molecule has 5 heterocycles. The molecule has 2 saturated heterocycles. The van der Waals surface area contributed by atoms with Gasteiger partial charge in [0.25, 0.3) is 0 Å². The van der Waals surface area contributed by atoms with E-state index < -0.39 is 71.4 Å². The highest BCUT2D eigenvalue weighted by atomic mass is 31.2. The van der Waals surface area contributed by atoms with E-state index in [0.717, 1.165) is 4.57 Å². The van der Waals surface area contributed by atoms with E-state index in [1.165, 1.54) is 29.5 Å². The molecule has 0 spiro atoms. The van der Waals surface area contributed by atoms with Crippen molar-refractivity contribution < 1.29 is 52.0 Å². The first-order chi connectivity index (χ1) is 19.3. The Bertz CT molecular complexity index is 1560. The van der Waals surface area contributed by atoms with E-state index in [9.17, 15) is 23.9 Å². The van der Waals surface area contributed by atoms with Crippen LogP contribution in [-0.4, -0.2) is 86.5 Å². The van der Waals surface area contributed by atoms with Gasteiger partial charge in [0.1, 0.15) is 48.4 Å². The van der Waals surface area contributed by atoms with E-state index in [-0.39, 0.29) is 24.5 Å². The monoisotopic (exact) mass is 620 g/mol. The second kappa shape index (κ2) is 11.4. The van der Waals surface area contributed by atoms with E-state index >= 15 is 0 Å². The molecule has 0 aliphatic carbocycles. The number of aliphatic hydroxyl groups excluding tert-OH is 1. The molecule has 0 amide bonds. The highest BCUT2D eigenvalue weighted by molar-refractivity contribution is 7.47. The number of rotatable bonds is 10. The molecule has 224 valence electrons. The van der Waals surface area contributed by atoms with Gasteiger partial charge >= 0.3 is 21.3 Å². The SMILES string of the molecule is Nc1ccn([C@H]2C[C@H](OP(=O)(O)OC[C@H]3O[C@@H](n4cnc5c(N)ncnc54)C[C@@H]3O)[C@@H](COP(=O)(O)O)O2)c(=O)n1. The molecule has 41 heavy (non-hydrogen) atoms. The summed E-state index contributed by atoms with van der Waals surface area (Å²) in [6.45, 7) is -1.32. The Labute approximate surface area is 229 Å². The number of nitrogen functional groups attached to an aromatic ring is 2. The summed E-state index contributed by atoms with van der Waals surface area (Å²) < 4.78 is 52.8. The lowest BCUT2D eigenvalue weighted by atomic mass is 10.2. The van der Waals surface area contributed by atoms with Gasteiger partial charge in [0, 0.05) is 19.0 Å². The molecule has 20 nitrogen and oxygen atoms in total. The maximum Gasteiger partial charge on any atom is 0.472 e. The zero-order valence-corrected chi connectivity index (χ0v) is 22.7. The lowest BCUT2D eigenvalue weighted by molar-refractivity contribution is -0.0558. The quantitative estimate of drug-likeness (QED) is 0.145. The summed E-state index contributed by atoms with van der Waals surface area (Å²) >= 11 is 0. The molecule has 0 radical (unpaired) electrons. The Balaban J connectivity index is 1.24. The van der Waals surface area contributed by atoms with Crippen LogP contribution in [0.25, 0.3) is 11.2 Å². The lowest BCUT2D eigenvalue weighted by Gasteiger charge is -2.22. The molecule has 8 N–H and O–H groups in total. The van der Waals surface area contributed by atoms with Crippen LogP contribution >= 0.6 is 15.6 Å². The third-order valence-electron chi connectivity index (χ3n) is 6.32. The number of fused-ring (bicyclic) bond motifs is 1. The van der Waals surface area contributed by atoms with Crippen LogP contribution in [0.15, 0.2) is 29.7 Å². The van der Waals surface area contributed by atoms with Crippen LogP contribution in [0.1, 0.15) is 25.3 Å². The predicted octanol–water partition coefficient (Wildman–Crippen LogP) is -1.21. The zero-order chi connectivity index (χ0) is 29.5. The van der Waals surface area contributed by atoms with Gasteiger partial charge in [-0.25, -0.2) is 28.9 Å². The van der Waals surface area contributed by atoms with Crippen LogP contribution in [-0.2, 0) is 32.2 Å². The van der Waals surface area contributed by atoms with Crippen LogP contribution in [0.5, 0.6) is 0 Å². The number of ether oxygens (including phenoxy) is 2. The van der Waals surface area contributed by atoms with Gasteiger partial charge in [-0.05, 0) is 6.07 Å². The number of anilines is 2. The molecular weight excluding hydrogens is 594 g/mol. The second-order valence-electron chi connectivity index (χ2n) is 9.12. The number of imidazole rings is 1. The molecule has 5 rings (SSSR count). The Morgan fingerprint density at radius 1 is 1.00 bits per heavy atom. The van der Waals surface area contributed by atoms with E-state index in [1.54, 1.807) is 0 Å². The minimum absolute atomic E-state index is 0.0520. The molecule has 0 saturated carbocycles. The predicted molar refractivity (Wildman–Crippen MR) is 134 cm³/mol. The van der Waals surface area contributed by atoms with E-state index in [0.29, 0.717) is 11.2 Å². The van der Waals surface area contributed by atoms with Crippen molar-refractivity contribution >= 4 is 38.4 Å². The topological polar surface area (TPSA) is 292 Å². The first kappa shape index (κ1) is 29.6. The summed E-state index contributed by atoms with van der Waals surface area (Å²) in [6, 6.07) is 1.31. The fraction of sp³-hybridized carbons (Fsp3) is 0.526. The molecule has 3 aromatic rings. The number of nitrogens with zero attached hydrogens (tertiary/aromatic N) is 6. The highest BCUT2D eigenvalue weighted by Crippen LogP contribution is 2.49. The summed E-state index contributed by atoms with van der Waals surface area (Å²) in [6.07, 6.45) is -2.86. The summed E-state index contributed by atoms with van der Waals surface area (Å²) in [5.74, 6) is 0.106. The first-order valence-corrected chi connectivity index (χ1v) is 14.9. The largest absolute Gasteiger partial charge is 0.472 e. The summed E-state index contributed by atoms with van der Waals surface area (Å²) in [5, 5.41) is 10.5. The Kier molecular flexibility index (Phi) is 8.25. The van der Waals surface area contributed by atoms with Crippen LogP contribution < -0.4 is 17.2 Å². The minimum atomic E-state index is -4.94. The molecular formula is C19H26N8O12P2. The van der Waals surface area contributed by atoms with E-state index in [2.05, 4.69) is 24.5 Å². The van der Waals surface area contributed by atoms with Gasteiger partial charge in [-0.2, -0.15) is 4.98 Å². The van der Waals surface area contributed by atoms with Crippen LogP contribution in [0.2, 0.25) is 0 Å². The first-order valence-electron chi connectivity index (χ1n) is 11.9. The minimum Gasteiger partial charge on any atom is -0.390 e. The van der Waals surface area contributed by atoms with Crippen molar-refractivity contribution in [2.24, 2.45) is 0 Å². The number of phosphoric acid groups is 2. The number of nitrogens with two attached hydrogens (primary N) is 2. The Morgan fingerprint density at radius 2 is 1.71 bits per heavy atom. The van der Waals surface area contributed by atoms with Crippen molar-refractivity contribution in [2.75, 3.05) is 24.7 Å². The number of hydrogen-bond acceptors (Lipinski definition) is 15. The number of aromatic nitrogens is 6. The molecule has 22 heteroatoms. The number of phosphoric ester groups is 2. The third kappa shape index (κ3) is 6.79. The van der Waals surface area contributed by atoms with Crippen molar-refractivity contribution in [1.82, 2.24) is 29.1 Å². The van der Waals surface area contributed by atoms with Gasteiger partial charge in [-0.3, -0.25) is 22.7 Å². The average Bonchev–Trinajstić information content (AvgIpc) is 3.58. The summed E-state index contributed by atoms with van der Waals surface area (Å²) in [7, 11) is -9.83. The summed E-state index contributed by atoms with van der Waals surface area (Å²) in [5.41, 5.74) is 11.2. The standard InChI is InChI=1S/C19H26N8O12P2/c20-13-1-2-26(19(29)25-13)15-4-10(12(38-15)6-35-40(30,31)32)39-41(33,34)36-5-11-9(28)3-14(37-11)27-8-24-16-17(21)22-7-23-18(16)27/h1-2,7-12,14-15,28H,3-6H2,(H,33,34)(H2,20,25,29)(H2,21,22,23)(H2,30,31,32)/t9-,10-,11+,12+,14+,15+/m0/s1. The van der Waals surface area contributed by atoms with Crippen molar-refractivity contribution in [3.63, 3.8) is 0 Å². The average molecular weight is 620 g/mol. The Morgan fingerprint density at radius 3 is 2.44 bits per heavy atom. The van der Waals surface area contributed by atoms with Gasteiger partial charge in [-0.15, -0.1) is 0 Å². The molecule has 2 aliphatic rings. The molecule has 3 aromatic heterocycles. The van der Waals surface area contributed by atoms with Crippen molar-refractivity contribution in [3.8, 4) is 0 Å². The van der Waals surface area contributed by atoms with Crippen LogP contribution in [0.4, 0.5) is 11.6 Å². The number of aliphatic hydroxyl groups is 1. The fourth-order valence-corrected chi connectivity index (χ4v) is 5.73. The molecule has 2 aliphatic heterocycles. The van der Waals surface area contributed by atoms with Crippen molar-refractivity contribution in [3.05, 3.63) is 35.4 Å². The van der Waals surface area contributed by atoms with Gasteiger partial charge < -0.3 is 40.7 Å². The lowest BCUT2D eigenvalue weighted by Crippen LogP contribution is -2.30. The van der Waals surface area contributed by atoms with Gasteiger partial charge in [0.2, 0.25) is 0 Å². The number of hydrogen-bond donors (Lipinski definition) is 6. The molecule has 0 bridgehead atoms. The smallest absolute Gasteiger partial charge is 0.390 e. The maximum atomic E-state index is 12.8. The van der Waals surface area contributed by atoms with Gasteiger partial charge in [0.15, 0.2) is 11.5 Å². The van der Waals surface area contributed by atoms with Gasteiger partial charge in [-0.1, -0.05) is 0 Å². The highest BCUT2D eigenvalue weighted by Gasteiger charge is 2.44. The fourth-order valence-electron chi connectivity index (χ4n) is 4.43.